The molecule has 0 saturated heterocycles. The maximum absolute atomic E-state index is 11.6. The van der Waals surface area contributed by atoms with Crippen LogP contribution in [-0.4, -0.2) is 10.9 Å². The monoisotopic (exact) mass is 393 g/mol. The maximum atomic E-state index is 11.6. The number of benzene rings is 2. The number of rotatable bonds is 7. The molecule has 1 aromatic heterocycles. The number of amides is 1. The molecule has 1 amide bonds. The van der Waals surface area contributed by atoms with Crippen LogP contribution in [0.4, 0.5) is 5.69 Å². The predicted molar refractivity (Wildman–Crippen MR) is 117 cm³/mol. The number of halogens is 1. The van der Waals surface area contributed by atoms with Gasteiger partial charge in [0.1, 0.15) is 0 Å². The highest BCUT2D eigenvalue weighted by molar-refractivity contribution is 6.30. The van der Waals surface area contributed by atoms with Crippen molar-refractivity contribution in [2.45, 2.75) is 32.6 Å². The fourth-order valence-corrected chi connectivity index (χ4v) is 3.39. The SMILES string of the molecule is CCCCCc1cc(N)c2cc(/C(=C\C(N)=O)c3ccc(Cl)cc3)ccc2n1. The number of carbonyl (C=O) groups is 1. The van der Waals surface area contributed by atoms with Gasteiger partial charge in [-0.1, -0.05) is 49.6 Å². The molecule has 0 spiro atoms. The Bertz CT molecular complexity index is 1030. The number of carbonyl (C=O) groups excluding carboxylic acids is 1. The lowest BCUT2D eigenvalue weighted by molar-refractivity contribution is -0.113. The molecule has 0 unspecified atom stereocenters. The molecule has 5 heteroatoms. The predicted octanol–water partition coefficient (Wildman–Crippen LogP) is 5.12. The van der Waals surface area contributed by atoms with Crippen LogP contribution in [0.3, 0.4) is 0 Å². The lowest BCUT2D eigenvalue weighted by atomic mass is 9.95. The minimum Gasteiger partial charge on any atom is -0.398 e. The molecule has 28 heavy (non-hydrogen) atoms. The van der Waals surface area contributed by atoms with Crippen molar-refractivity contribution in [3.8, 4) is 0 Å². The van der Waals surface area contributed by atoms with Crippen LogP contribution in [0.2, 0.25) is 5.02 Å². The van der Waals surface area contributed by atoms with E-state index in [0.29, 0.717) is 10.7 Å². The zero-order valence-electron chi connectivity index (χ0n) is 15.9. The van der Waals surface area contributed by atoms with Gasteiger partial charge in [-0.15, -0.1) is 0 Å². The summed E-state index contributed by atoms with van der Waals surface area (Å²) >= 11 is 5.99. The lowest BCUT2D eigenvalue weighted by Gasteiger charge is -2.12. The third kappa shape index (κ3) is 4.70. The summed E-state index contributed by atoms with van der Waals surface area (Å²) in [4.78, 5) is 16.4. The highest BCUT2D eigenvalue weighted by Crippen LogP contribution is 2.29. The highest BCUT2D eigenvalue weighted by atomic mass is 35.5. The molecule has 144 valence electrons. The number of hydrogen-bond donors (Lipinski definition) is 2. The van der Waals surface area contributed by atoms with Crippen LogP contribution >= 0.6 is 11.6 Å². The van der Waals surface area contributed by atoms with Crippen LogP contribution in [0.5, 0.6) is 0 Å². The number of nitrogens with zero attached hydrogens (tertiary/aromatic N) is 1. The first-order valence-corrected chi connectivity index (χ1v) is 9.82. The van der Waals surface area contributed by atoms with Crippen LogP contribution in [-0.2, 0) is 11.2 Å². The number of fused-ring (bicyclic) bond motifs is 1. The molecule has 4 nitrogen and oxygen atoms in total. The minimum atomic E-state index is -0.512. The lowest BCUT2D eigenvalue weighted by Crippen LogP contribution is -2.07. The van der Waals surface area contributed by atoms with Gasteiger partial charge in [0.15, 0.2) is 0 Å². The molecule has 0 atom stereocenters. The van der Waals surface area contributed by atoms with Crippen LogP contribution < -0.4 is 11.5 Å². The zero-order valence-corrected chi connectivity index (χ0v) is 16.7. The van der Waals surface area contributed by atoms with Gasteiger partial charge < -0.3 is 11.5 Å². The number of aromatic nitrogens is 1. The molecule has 0 radical (unpaired) electrons. The number of pyridine rings is 1. The van der Waals surface area contributed by atoms with E-state index in [1.165, 1.54) is 18.9 Å². The molecule has 3 aromatic rings. The fraction of sp³-hybridized carbons (Fsp3) is 0.217. The summed E-state index contributed by atoms with van der Waals surface area (Å²) < 4.78 is 0. The quantitative estimate of drug-likeness (QED) is 0.431. The second kappa shape index (κ2) is 8.89. The van der Waals surface area contributed by atoms with Crippen molar-refractivity contribution in [3.05, 3.63) is 76.5 Å². The van der Waals surface area contributed by atoms with Crippen LogP contribution in [0, 0.1) is 0 Å². The van der Waals surface area contributed by atoms with Gasteiger partial charge in [-0.2, -0.15) is 0 Å². The van der Waals surface area contributed by atoms with E-state index in [1.54, 1.807) is 12.1 Å². The standard InChI is InChI=1S/C23H24ClN3O/c1-2-3-4-5-18-13-21(25)20-12-16(8-11-22(20)27-18)19(14-23(26)28)15-6-9-17(24)10-7-15/h6-14H,2-5H2,1H3,(H2,25,27)(H2,26,28)/b19-14-. The van der Waals surface area contributed by atoms with Gasteiger partial charge >= 0.3 is 0 Å². The Balaban J connectivity index is 2.03. The van der Waals surface area contributed by atoms with Crippen molar-refractivity contribution >= 4 is 39.7 Å². The van der Waals surface area contributed by atoms with Gasteiger partial charge in [-0.25, -0.2) is 0 Å². The highest BCUT2D eigenvalue weighted by Gasteiger charge is 2.11. The largest absolute Gasteiger partial charge is 0.398 e. The van der Waals surface area contributed by atoms with E-state index in [-0.39, 0.29) is 0 Å². The van der Waals surface area contributed by atoms with E-state index in [0.717, 1.165) is 46.1 Å². The maximum Gasteiger partial charge on any atom is 0.242 e. The van der Waals surface area contributed by atoms with Crippen molar-refractivity contribution in [3.63, 3.8) is 0 Å². The van der Waals surface area contributed by atoms with Crippen molar-refractivity contribution in [1.29, 1.82) is 0 Å². The number of aryl methyl sites for hydroxylation is 1. The number of nitrogen functional groups attached to an aromatic ring is 1. The first kappa shape index (κ1) is 19.9. The Morgan fingerprint density at radius 1 is 1.07 bits per heavy atom. The van der Waals surface area contributed by atoms with Crippen molar-refractivity contribution < 1.29 is 4.79 Å². The molecule has 0 aliphatic heterocycles. The van der Waals surface area contributed by atoms with E-state index in [2.05, 4.69) is 6.92 Å². The van der Waals surface area contributed by atoms with Gasteiger partial charge in [-0.05, 0) is 59.9 Å². The van der Waals surface area contributed by atoms with Gasteiger partial charge in [0.2, 0.25) is 5.91 Å². The molecule has 1 heterocycles. The number of unbranched alkanes of at least 4 members (excludes halogenated alkanes) is 2. The van der Waals surface area contributed by atoms with Gasteiger partial charge in [0, 0.05) is 27.9 Å². The molecule has 0 saturated carbocycles. The van der Waals surface area contributed by atoms with Crippen LogP contribution in [0.25, 0.3) is 16.5 Å². The van der Waals surface area contributed by atoms with Crippen LogP contribution in [0.15, 0.2) is 54.6 Å². The zero-order chi connectivity index (χ0) is 20.1. The van der Waals surface area contributed by atoms with Gasteiger partial charge in [0.05, 0.1) is 5.52 Å². The first-order valence-electron chi connectivity index (χ1n) is 9.44. The molecule has 0 aliphatic carbocycles. The van der Waals surface area contributed by atoms with E-state index in [1.807, 2.05) is 36.4 Å². The smallest absolute Gasteiger partial charge is 0.242 e. The van der Waals surface area contributed by atoms with E-state index < -0.39 is 5.91 Å². The summed E-state index contributed by atoms with van der Waals surface area (Å²) in [7, 11) is 0. The number of primary amides is 1. The number of nitrogens with two attached hydrogens (primary N) is 2. The van der Waals surface area contributed by atoms with Gasteiger partial charge in [0.25, 0.3) is 0 Å². The molecule has 4 N–H and O–H groups in total. The second-order valence-electron chi connectivity index (χ2n) is 6.86. The average Bonchev–Trinajstić information content (AvgIpc) is 2.67. The van der Waals surface area contributed by atoms with Crippen molar-refractivity contribution in [2.24, 2.45) is 5.73 Å². The molecular weight excluding hydrogens is 370 g/mol. The second-order valence-corrected chi connectivity index (χ2v) is 7.30. The Labute approximate surface area is 170 Å². The summed E-state index contributed by atoms with van der Waals surface area (Å²) in [6.07, 6.45) is 5.81. The summed E-state index contributed by atoms with van der Waals surface area (Å²) in [5.41, 5.74) is 16.7. The number of anilines is 1. The first-order chi connectivity index (χ1) is 13.5. The molecular formula is C23H24ClN3O. The minimum absolute atomic E-state index is 0.512. The Kier molecular flexibility index (Phi) is 6.32. The Morgan fingerprint density at radius 3 is 2.46 bits per heavy atom. The normalized spacial score (nSPS) is 11.7. The van der Waals surface area contributed by atoms with Crippen molar-refractivity contribution in [1.82, 2.24) is 4.98 Å². The average molecular weight is 394 g/mol. The van der Waals surface area contributed by atoms with E-state index in [9.17, 15) is 4.79 Å². The van der Waals surface area contributed by atoms with E-state index in [4.69, 9.17) is 28.1 Å². The molecule has 3 rings (SSSR count). The summed E-state index contributed by atoms with van der Waals surface area (Å²) in [5.74, 6) is -0.512. The number of hydrogen-bond acceptors (Lipinski definition) is 3. The summed E-state index contributed by atoms with van der Waals surface area (Å²) in [6, 6.07) is 15.1. The molecule has 2 aromatic carbocycles. The summed E-state index contributed by atoms with van der Waals surface area (Å²) in [6.45, 7) is 2.18. The van der Waals surface area contributed by atoms with Gasteiger partial charge in [-0.3, -0.25) is 9.78 Å². The third-order valence-electron chi connectivity index (χ3n) is 4.68. The Morgan fingerprint density at radius 2 is 1.79 bits per heavy atom. The Hall–Kier alpha value is -2.85. The third-order valence-corrected chi connectivity index (χ3v) is 4.94. The molecule has 0 bridgehead atoms. The summed E-state index contributed by atoms with van der Waals surface area (Å²) in [5, 5.41) is 1.49. The van der Waals surface area contributed by atoms with E-state index >= 15 is 0 Å². The molecule has 0 aliphatic rings. The fourth-order valence-electron chi connectivity index (χ4n) is 3.27. The molecule has 0 fully saturated rings. The topological polar surface area (TPSA) is 82.0 Å². The van der Waals surface area contributed by atoms with Crippen molar-refractivity contribution in [2.75, 3.05) is 5.73 Å². The van der Waals surface area contributed by atoms with Crippen LogP contribution in [0.1, 0.15) is 43.0 Å².